The third kappa shape index (κ3) is 2.82. The topological polar surface area (TPSA) is 34.4 Å². The maximum absolute atomic E-state index is 5.42. The summed E-state index contributed by atoms with van der Waals surface area (Å²) in [6.07, 6.45) is 1.74. The molecule has 0 bridgehead atoms. The van der Waals surface area contributed by atoms with Gasteiger partial charge in [0.15, 0.2) is 0 Å². The third-order valence-electron chi connectivity index (χ3n) is 3.37. The molecule has 3 heteroatoms. The van der Waals surface area contributed by atoms with Crippen LogP contribution in [0.3, 0.4) is 0 Å². The highest BCUT2D eigenvalue weighted by atomic mass is 16.5. The van der Waals surface area contributed by atoms with Gasteiger partial charge in [0, 0.05) is 5.56 Å². The van der Waals surface area contributed by atoms with Gasteiger partial charge in [-0.05, 0) is 43.7 Å². The molecule has 2 rings (SSSR count). The standard InChI is InChI=1S/C16H21NO2/c1-5-17-16(14-8-9-19-12(14)3)13-6-7-15(18-4)11(2)10-13/h6-10,16-17H,5H2,1-4H3. The minimum absolute atomic E-state index is 0.161. The highest BCUT2D eigenvalue weighted by Gasteiger charge is 2.17. The van der Waals surface area contributed by atoms with Gasteiger partial charge in [-0.25, -0.2) is 0 Å². The zero-order valence-corrected chi connectivity index (χ0v) is 12.0. The molecule has 0 saturated carbocycles. The lowest BCUT2D eigenvalue weighted by Crippen LogP contribution is -2.22. The van der Waals surface area contributed by atoms with Crippen molar-refractivity contribution in [2.75, 3.05) is 13.7 Å². The maximum Gasteiger partial charge on any atom is 0.121 e. The Bertz CT molecular complexity index is 545. The summed E-state index contributed by atoms with van der Waals surface area (Å²) in [6.45, 7) is 7.07. The van der Waals surface area contributed by atoms with E-state index in [-0.39, 0.29) is 6.04 Å². The number of benzene rings is 1. The molecule has 3 nitrogen and oxygen atoms in total. The van der Waals surface area contributed by atoms with Crippen LogP contribution in [0.2, 0.25) is 0 Å². The smallest absolute Gasteiger partial charge is 0.121 e. The van der Waals surface area contributed by atoms with E-state index in [9.17, 15) is 0 Å². The van der Waals surface area contributed by atoms with Gasteiger partial charge in [0.05, 0.1) is 19.4 Å². The summed E-state index contributed by atoms with van der Waals surface area (Å²) >= 11 is 0. The largest absolute Gasteiger partial charge is 0.496 e. The number of methoxy groups -OCH3 is 1. The molecular formula is C16H21NO2. The quantitative estimate of drug-likeness (QED) is 0.890. The van der Waals surface area contributed by atoms with E-state index in [0.717, 1.165) is 23.6 Å². The molecule has 1 atom stereocenters. The van der Waals surface area contributed by atoms with E-state index in [1.165, 1.54) is 11.1 Å². The number of aryl methyl sites for hydroxylation is 2. The number of rotatable bonds is 5. The van der Waals surface area contributed by atoms with Gasteiger partial charge in [-0.3, -0.25) is 0 Å². The second kappa shape index (κ2) is 5.93. The molecule has 0 aliphatic carbocycles. The van der Waals surface area contributed by atoms with Gasteiger partial charge in [-0.15, -0.1) is 0 Å². The summed E-state index contributed by atoms with van der Waals surface area (Å²) in [5, 5.41) is 3.51. The molecule has 19 heavy (non-hydrogen) atoms. The minimum atomic E-state index is 0.161. The first-order chi connectivity index (χ1) is 9.17. The Labute approximate surface area is 114 Å². The molecule has 1 heterocycles. The lowest BCUT2D eigenvalue weighted by molar-refractivity contribution is 0.411. The molecule has 2 aromatic rings. The fourth-order valence-electron chi connectivity index (χ4n) is 2.39. The molecular weight excluding hydrogens is 238 g/mol. The summed E-state index contributed by atoms with van der Waals surface area (Å²) in [6, 6.07) is 8.48. The van der Waals surface area contributed by atoms with Gasteiger partial charge in [-0.2, -0.15) is 0 Å². The second-order valence-corrected chi connectivity index (χ2v) is 4.65. The third-order valence-corrected chi connectivity index (χ3v) is 3.37. The molecule has 0 fully saturated rings. The van der Waals surface area contributed by atoms with Crippen molar-refractivity contribution in [3.05, 3.63) is 53.0 Å². The Morgan fingerprint density at radius 1 is 1.26 bits per heavy atom. The average Bonchev–Trinajstić information content (AvgIpc) is 2.82. The fraction of sp³-hybridized carbons (Fsp3) is 0.375. The van der Waals surface area contributed by atoms with Crippen LogP contribution >= 0.6 is 0 Å². The molecule has 0 saturated heterocycles. The molecule has 0 spiro atoms. The van der Waals surface area contributed by atoms with Crippen LogP contribution in [0.1, 0.15) is 35.4 Å². The van der Waals surface area contributed by atoms with Crippen LogP contribution in [0.5, 0.6) is 5.75 Å². The minimum Gasteiger partial charge on any atom is -0.496 e. The van der Waals surface area contributed by atoms with E-state index in [4.69, 9.17) is 9.15 Å². The van der Waals surface area contributed by atoms with Crippen molar-refractivity contribution in [2.45, 2.75) is 26.8 Å². The Morgan fingerprint density at radius 2 is 2.05 bits per heavy atom. The molecule has 1 aromatic carbocycles. The van der Waals surface area contributed by atoms with E-state index in [0.29, 0.717) is 0 Å². The van der Waals surface area contributed by atoms with Crippen LogP contribution < -0.4 is 10.1 Å². The second-order valence-electron chi connectivity index (χ2n) is 4.65. The first-order valence-corrected chi connectivity index (χ1v) is 6.59. The summed E-state index contributed by atoms with van der Waals surface area (Å²) in [4.78, 5) is 0. The Balaban J connectivity index is 2.39. The highest BCUT2D eigenvalue weighted by Crippen LogP contribution is 2.29. The summed E-state index contributed by atoms with van der Waals surface area (Å²) in [5.41, 5.74) is 3.56. The predicted molar refractivity (Wildman–Crippen MR) is 76.7 cm³/mol. The first kappa shape index (κ1) is 13.7. The van der Waals surface area contributed by atoms with Crippen molar-refractivity contribution >= 4 is 0 Å². The van der Waals surface area contributed by atoms with Crippen LogP contribution in [0, 0.1) is 13.8 Å². The van der Waals surface area contributed by atoms with Gasteiger partial charge in [0.25, 0.3) is 0 Å². The molecule has 0 radical (unpaired) electrons. The molecule has 1 aromatic heterocycles. The van der Waals surface area contributed by atoms with Gasteiger partial charge in [-0.1, -0.05) is 19.1 Å². The summed E-state index contributed by atoms with van der Waals surface area (Å²) in [7, 11) is 1.70. The van der Waals surface area contributed by atoms with Crippen molar-refractivity contribution in [1.82, 2.24) is 5.32 Å². The van der Waals surface area contributed by atoms with E-state index in [1.54, 1.807) is 13.4 Å². The lowest BCUT2D eigenvalue weighted by atomic mass is 9.97. The van der Waals surface area contributed by atoms with Gasteiger partial charge in [0.1, 0.15) is 11.5 Å². The van der Waals surface area contributed by atoms with Crippen molar-refractivity contribution < 1.29 is 9.15 Å². The van der Waals surface area contributed by atoms with Crippen molar-refractivity contribution in [2.24, 2.45) is 0 Å². The Morgan fingerprint density at radius 3 is 2.58 bits per heavy atom. The summed E-state index contributed by atoms with van der Waals surface area (Å²) < 4.78 is 10.7. The number of nitrogens with one attached hydrogen (secondary N) is 1. The van der Waals surface area contributed by atoms with Gasteiger partial charge in [0.2, 0.25) is 0 Å². The Hall–Kier alpha value is -1.74. The van der Waals surface area contributed by atoms with Crippen LogP contribution in [0.15, 0.2) is 34.9 Å². The monoisotopic (exact) mass is 259 g/mol. The van der Waals surface area contributed by atoms with E-state index in [1.807, 2.05) is 19.1 Å². The number of ether oxygens (including phenoxy) is 1. The number of hydrogen-bond donors (Lipinski definition) is 1. The summed E-state index contributed by atoms with van der Waals surface area (Å²) in [5.74, 6) is 1.88. The maximum atomic E-state index is 5.42. The van der Waals surface area contributed by atoms with Gasteiger partial charge >= 0.3 is 0 Å². The molecule has 1 N–H and O–H groups in total. The molecule has 0 amide bonds. The highest BCUT2D eigenvalue weighted by molar-refractivity contribution is 5.41. The number of hydrogen-bond acceptors (Lipinski definition) is 3. The average molecular weight is 259 g/mol. The molecule has 0 aliphatic rings. The Kier molecular flexibility index (Phi) is 4.27. The van der Waals surface area contributed by atoms with Crippen LogP contribution in [0.25, 0.3) is 0 Å². The number of furan rings is 1. The van der Waals surface area contributed by atoms with Crippen LogP contribution in [-0.2, 0) is 0 Å². The predicted octanol–water partition coefficient (Wildman–Crippen LogP) is 3.60. The SMILES string of the molecule is CCNC(c1ccc(OC)c(C)c1)c1ccoc1C. The van der Waals surface area contributed by atoms with Crippen LogP contribution in [0.4, 0.5) is 0 Å². The molecule has 1 unspecified atom stereocenters. The van der Waals surface area contributed by atoms with E-state index < -0.39 is 0 Å². The van der Waals surface area contributed by atoms with Crippen molar-refractivity contribution in [3.63, 3.8) is 0 Å². The van der Waals surface area contributed by atoms with E-state index >= 15 is 0 Å². The fourth-order valence-corrected chi connectivity index (χ4v) is 2.39. The van der Waals surface area contributed by atoms with Crippen LogP contribution in [-0.4, -0.2) is 13.7 Å². The van der Waals surface area contributed by atoms with Crippen molar-refractivity contribution in [3.8, 4) is 5.75 Å². The van der Waals surface area contributed by atoms with Crippen molar-refractivity contribution in [1.29, 1.82) is 0 Å². The molecule has 102 valence electrons. The first-order valence-electron chi connectivity index (χ1n) is 6.59. The molecule has 0 aliphatic heterocycles. The normalized spacial score (nSPS) is 12.4. The lowest BCUT2D eigenvalue weighted by Gasteiger charge is -2.19. The zero-order valence-electron chi connectivity index (χ0n) is 12.0. The van der Waals surface area contributed by atoms with E-state index in [2.05, 4.69) is 31.3 Å². The van der Waals surface area contributed by atoms with Gasteiger partial charge < -0.3 is 14.5 Å². The zero-order chi connectivity index (χ0) is 13.8.